The molecule has 4 rings (SSSR count). The van der Waals surface area contributed by atoms with Crippen LogP contribution in [0.3, 0.4) is 0 Å². The minimum atomic E-state index is -4.29. The van der Waals surface area contributed by atoms with Gasteiger partial charge >= 0.3 is 0 Å². The van der Waals surface area contributed by atoms with Crippen LogP contribution < -0.4 is 14.4 Å². The molecule has 242 valence electrons. The van der Waals surface area contributed by atoms with Crippen molar-refractivity contribution in [2.75, 3.05) is 24.5 Å². The number of halogens is 1. The molecular formula is C36H40ClN3O5S. The summed E-state index contributed by atoms with van der Waals surface area (Å²) in [5.74, 6) is -0.649. The van der Waals surface area contributed by atoms with Crippen molar-refractivity contribution in [3.05, 3.63) is 125 Å². The number of ether oxygens (including phenoxy) is 1. The Morgan fingerprint density at radius 2 is 1.54 bits per heavy atom. The van der Waals surface area contributed by atoms with Gasteiger partial charge in [-0.1, -0.05) is 103 Å². The molecule has 0 heterocycles. The lowest BCUT2D eigenvalue weighted by molar-refractivity contribution is -0.140. The summed E-state index contributed by atoms with van der Waals surface area (Å²) in [6.45, 7) is 3.95. The van der Waals surface area contributed by atoms with E-state index in [0.29, 0.717) is 6.54 Å². The lowest BCUT2D eigenvalue weighted by Gasteiger charge is -2.34. The summed E-state index contributed by atoms with van der Waals surface area (Å²) in [5.41, 5.74) is 2.82. The molecule has 4 aromatic carbocycles. The summed E-state index contributed by atoms with van der Waals surface area (Å²) in [6.07, 6.45) is 1.92. The quantitative estimate of drug-likeness (QED) is 0.149. The van der Waals surface area contributed by atoms with Gasteiger partial charge in [-0.05, 0) is 54.8 Å². The number of nitrogens with zero attached hydrogens (tertiary/aromatic N) is 2. The fourth-order valence-corrected chi connectivity index (χ4v) is 6.65. The molecule has 0 saturated heterocycles. The van der Waals surface area contributed by atoms with E-state index in [2.05, 4.69) is 5.32 Å². The van der Waals surface area contributed by atoms with Crippen LogP contribution >= 0.6 is 11.6 Å². The van der Waals surface area contributed by atoms with Crippen molar-refractivity contribution < 1.29 is 22.7 Å². The fraction of sp³-hybridized carbons (Fsp3) is 0.278. The van der Waals surface area contributed by atoms with E-state index in [1.165, 1.54) is 30.2 Å². The number of carbonyl (C=O) groups is 2. The van der Waals surface area contributed by atoms with Crippen molar-refractivity contribution in [3.63, 3.8) is 0 Å². The van der Waals surface area contributed by atoms with Crippen LogP contribution in [0.2, 0.25) is 5.02 Å². The number of sulfonamides is 1. The Bertz CT molecular complexity index is 1700. The predicted octanol–water partition coefficient (Wildman–Crippen LogP) is 6.41. The van der Waals surface area contributed by atoms with Crippen LogP contribution in [0.25, 0.3) is 0 Å². The highest BCUT2D eigenvalue weighted by Gasteiger charge is 2.35. The molecule has 0 aliphatic heterocycles. The van der Waals surface area contributed by atoms with Crippen molar-refractivity contribution in [2.45, 2.75) is 50.6 Å². The van der Waals surface area contributed by atoms with Gasteiger partial charge < -0.3 is 15.0 Å². The average Bonchev–Trinajstić information content (AvgIpc) is 3.06. The Labute approximate surface area is 277 Å². The van der Waals surface area contributed by atoms with Gasteiger partial charge in [0.2, 0.25) is 11.8 Å². The molecular weight excluding hydrogens is 622 g/mol. The number of carbonyl (C=O) groups excluding carboxylic acids is 2. The van der Waals surface area contributed by atoms with Gasteiger partial charge in [-0.2, -0.15) is 0 Å². The lowest BCUT2D eigenvalue weighted by Crippen LogP contribution is -2.53. The third kappa shape index (κ3) is 8.89. The van der Waals surface area contributed by atoms with E-state index in [1.807, 2.05) is 68.4 Å². The molecule has 0 aromatic heterocycles. The number of benzene rings is 4. The zero-order valence-electron chi connectivity index (χ0n) is 26.4. The van der Waals surface area contributed by atoms with Gasteiger partial charge in [-0.3, -0.25) is 13.9 Å². The van der Waals surface area contributed by atoms with E-state index < -0.39 is 28.5 Å². The van der Waals surface area contributed by atoms with E-state index in [4.69, 9.17) is 16.3 Å². The number of anilines is 1. The molecule has 0 fully saturated rings. The van der Waals surface area contributed by atoms with Crippen LogP contribution in [0.15, 0.2) is 108 Å². The van der Waals surface area contributed by atoms with E-state index in [0.717, 1.165) is 33.8 Å². The van der Waals surface area contributed by atoms with Gasteiger partial charge in [0.15, 0.2) is 0 Å². The molecule has 46 heavy (non-hydrogen) atoms. The molecule has 8 nitrogen and oxygen atoms in total. The second kappa shape index (κ2) is 16.3. The molecule has 1 N–H and O–H groups in total. The Balaban J connectivity index is 1.82. The van der Waals surface area contributed by atoms with Crippen molar-refractivity contribution >= 4 is 39.1 Å². The number of hydrogen-bond donors (Lipinski definition) is 1. The number of methoxy groups -OCH3 is 1. The van der Waals surface area contributed by atoms with Crippen molar-refractivity contribution in [1.82, 2.24) is 10.2 Å². The van der Waals surface area contributed by atoms with Gasteiger partial charge in [0.25, 0.3) is 10.0 Å². The van der Waals surface area contributed by atoms with Crippen LogP contribution in [0.4, 0.5) is 5.69 Å². The maximum Gasteiger partial charge on any atom is 0.264 e. The average molecular weight is 662 g/mol. The zero-order valence-corrected chi connectivity index (χ0v) is 27.9. The van der Waals surface area contributed by atoms with Gasteiger partial charge in [-0.15, -0.1) is 0 Å². The minimum absolute atomic E-state index is 0.00643. The molecule has 0 saturated carbocycles. The predicted molar refractivity (Wildman–Crippen MR) is 183 cm³/mol. The number of unbranched alkanes of at least 4 members (excludes halogenated alkanes) is 1. The first-order valence-electron chi connectivity index (χ1n) is 15.2. The Kier molecular flexibility index (Phi) is 12.2. The number of nitrogens with one attached hydrogen (secondary N) is 1. The van der Waals surface area contributed by atoms with Crippen LogP contribution in [-0.2, 0) is 32.6 Å². The van der Waals surface area contributed by atoms with Crippen molar-refractivity contribution in [2.24, 2.45) is 0 Å². The topological polar surface area (TPSA) is 96.0 Å². The Hall–Kier alpha value is -4.34. The van der Waals surface area contributed by atoms with Crippen LogP contribution in [0, 0.1) is 6.92 Å². The second-order valence-electron chi connectivity index (χ2n) is 11.0. The van der Waals surface area contributed by atoms with Gasteiger partial charge in [0.05, 0.1) is 17.7 Å². The maximum atomic E-state index is 14.6. The van der Waals surface area contributed by atoms with E-state index in [-0.39, 0.29) is 40.2 Å². The highest BCUT2D eigenvalue weighted by molar-refractivity contribution is 7.92. The summed E-state index contributed by atoms with van der Waals surface area (Å²) >= 11 is 6.35. The summed E-state index contributed by atoms with van der Waals surface area (Å²) in [4.78, 5) is 29.9. The number of amides is 2. The summed E-state index contributed by atoms with van der Waals surface area (Å²) in [5, 5.41) is 3.27. The zero-order chi connectivity index (χ0) is 33.1. The van der Waals surface area contributed by atoms with Gasteiger partial charge in [0.1, 0.15) is 18.3 Å². The molecule has 1 unspecified atom stereocenters. The normalized spacial score (nSPS) is 11.8. The molecule has 0 radical (unpaired) electrons. The third-order valence-electron chi connectivity index (χ3n) is 7.59. The van der Waals surface area contributed by atoms with E-state index >= 15 is 0 Å². The largest absolute Gasteiger partial charge is 0.495 e. The van der Waals surface area contributed by atoms with Gasteiger partial charge in [-0.25, -0.2) is 8.42 Å². The number of hydrogen-bond acceptors (Lipinski definition) is 5. The summed E-state index contributed by atoms with van der Waals surface area (Å²) in [7, 11) is -2.87. The molecule has 0 aliphatic carbocycles. The molecule has 4 aromatic rings. The molecule has 10 heteroatoms. The fourth-order valence-electron chi connectivity index (χ4n) is 5.04. The highest BCUT2D eigenvalue weighted by Crippen LogP contribution is 2.35. The van der Waals surface area contributed by atoms with Crippen molar-refractivity contribution in [1.29, 1.82) is 0 Å². The first-order chi connectivity index (χ1) is 22.1. The smallest absolute Gasteiger partial charge is 0.264 e. The first kappa shape index (κ1) is 34.5. The molecule has 0 bridgehead atoms. The number of aryl methyl sites for hydroxylation is 1. The monoisotopic (exact) mass is 661 g/mol. The molecule has 2 amide bonds. The second-order valence-corrected chi connectivity index (χ2v) is 13.3. The maximum absolute atomic E-state index is 14.6. The lowest BCUT2D eigenvalue weighted by atomic mass is 10.0. The molecule has 0 spiro atoms. The SMILES string of the molecule is CCCCNC(=O)C(Cc1ccccc1)N(Cc1ccc(C)cc1)C(=O)CN(c1cc(Cl)ccc1OC)S(=O)(=O)c1ccccc1. The molecule has 1 atom stereocenters. The van der Waals surface area contributed by atoms with Gasteiger partial charge in [0, 0.05) is 24.5 Å². The van der Waals surface area contributed by atoms with E-state index in [9.17, 15) is 18.0 Å². The van der Waals surface area contributed by atoms with Crippen molar-refractivity contribution in [3.8, 4) is 5.75 Å². The highest BCUT2D eigenvalue weighted by atomic mass is 35.5. The number of rotatable bonds is 15. The standard InChI is InChI=1S/C36H40ClN3O5S/c1-4-5-22-38-36(42)33(23-28-12-8-6-9-13-28)39(25-29-18-16-27(2)17-19-29)35(41)26-40(32-24-30(37)20-21-34(32)45-3)46(43,44)31-14-10-7-11-15-31/h6-21,24,33H,4-5,22-23,25-26H2,1-3H3,(H,38,42). The summed E-state index contributed by atoms with van der Waals surface area (Å²) in [6, 6.07) is 28.7. The minimum Gasteiger partial charge on any atom is -0.495 e. The Morgan fingerprint density at radius 3 is 2.17 bits per heavy atom. The van der Waals surface area contributed by atoms with Crippen LogP contribution in [-0.4, -0.2) is 51.4 Å². The Morgan fingerprint density at radius 1 is 0.891 bits per heavy atom. The molecule has 0 aliphatic rings. The van der Waals surface area contributed by atoms with Crippen LogP contribution in [0.1, 0.15) is 36.5 Å². The third-order valence-corrected chi connectivity index (χ3v) is 9.60. The first-order valence-corrected chi connectivity index (χ1v) is 17.0. The summed E-state index contributed by atoms with van der Waals surface area (Å²) < 4.78 is 35.0. The van der Waals surface area contributed by atoms with Crippen LogP contribution in [0.5, 0.6) is 5.75 Å². The van der Waals surface area contributed by atoms with E-state index in [1.54, 1.807) is 30.3 Å².